The number of nitrogens with one attached hydrogen (secondary N) is 1. The van der Waals surface area contributed by atoms with E-state index in [4.69, 9.17) is 14.2 Å². The molecule has 0 bridgehead atoms. The van der Waals surface area contributed by atoms with Crippen molar-refractivity contribution < 1.29 is 27.4 Å². The van der Waals surface area contributed by atoms with Gasteiger partial charge in [-0.05, 0) is 53.4 Å². The molecule has 156 valence electrons. The van der Waals surface area contributed by atoms with Crippen LogP contribution in [0.5, 0.6) is 17.2 Å². The molecule has 3 rings (SSSR count). The van der Waals surface area contributed by atoms with Crippen molar-refractivity contribution in [3.05, 3.63) is 70.4 Å². The summed E-state index contributed by atoms with van der Waals surface area (Å²) in [5.41, 5.74) is 0.612. The van der Waals surface area contributed by atoms with Crippen LogP contribution in [0.3, 0.4) is 0 Å². The zero-order chi connectivity index (χ0) is 21.6. The highest BCUT2D eigenvalue weighted by molar-refractivity contribution is 7.89. The zero-order valence-corrected chi connectivity index (χ0v) is 17.7. The molecule has 8 nitrogen and oxygen atoms in total. The van der Waals surface area contributed by atoms with Gasteiger partial charge in [0.25, 0.3) is 10.0 Å². The number of carbonyl (C=O) groups excluding carboxylic acids is 1. The molecule has 0 radical (unpaired) electrons. The topological polar surface area (TPSA) is 103 Å². The van der Waals surface area contributed by atoms with Crippen molar-refractivity contribution in [1.82, 2.24) is 4.83 Å². The zero-order valence-electron chi connectivity index (χ0n) is 16.1. The summed E-state index contributed by atoms with van der Waals surface area (Å²) < 4.78 is 40.3. The molecule has 3 aromatic rings. The van der Waals surface area contributed by atoms with Crippen LogP contribution in [0.2, 0.25) is 0 Å². The van der Waals surface area contributed by atoms with Gasteiger partial charge in [-0.2, -0.15) is 13.5 Å². The number of esters is 1. The molecule has 0 aliphatic rings. The van der Waals surface area contributed by atoms with Crippen molar-refractivity contribution in [2.45, 2.75) is 4.90 Å². The number of sulfonamides is 1. The maximum Gasteiger partial charge on any atom is 0.353 e. The molecule has 10 heteroatoms. The first kappa shape index (κ1) is 21.3. The fourth-order valence-electron chi connectivity index (χ4n) is 2.38. The molecular weight excluding hydrogens is 428 g/mol. The molecule has 30 heavy (non-hydrogen) atoms. The Hall–Kier alpha value is -3.37. The van der Waals surface area contributed by atoms with Gasteiger partial charge in [-0.25, -0.2) is 9.63 Å². The van der Waals surface area contributed by atoms with Gasteiger partial charge in [0.2, 0.25) is 0 Å². The molecule has 1 aromatic heterocycles. The third-order valence-electron chi connectivity index (χ3n) is 3.86. The van der Waals surface area contributed by atoms with Crippen molar-refractivity contribution in [3.8, 4) is 17.2 Å². The Morgan fingerprint density at radius 3 is 2.40 bits per heavy atom. The normalized spacial score (nSPS) is 11.3. The largest absolute Gasteiger partial charge is 0.493 e. The minimum absolute atomic E-state index is 0.0202. The van der Waals surface area contributed by atoms with Gasteiger partial charge in [-0.3, -0.25) is 0 Å². The number of benzene rings is 2. The van der Waals surface area contributed by atoms with Crippen LogP contribution in [0.4, 0.5) is 0 Å². The molecule has 0 saturated heterocycles. The fourth-order valence-corrected chi connectivity index (χ4v) is 3.79. The highest BCUT2D eigenvalue weighted by Gasteiger charge is 2.16. The van der Waals surface area contributed by atoms with E-state index in [-0.39, 0.29) is 10.6 Å². The van der Waals surface area contributed by atoms with Crippen LogP contribution in [0.25, 0.3) is 0 Å². The molecule has 1 heterocycles. The standard InChI is InChI=1S/C20H18N2O6S2/c1-26-17-10-9-16(12-18(17)27-2)30(24,25)22-21-13-14-5-7-15(8-6-14)28-20(23)19-4-3-11-29-19/h3-13,22H,1-2H3/b21-13+. The number of hydrazone groups is 1. The Balaban J connectivity index is 1.64. The van der Waals surface area contributed by atoms with E-state index in [2.05, 4.69) is 9.93 Å². The fraction of sp³-hybridized carbons (Fsp3) is 0.100. The van der Waals surface area contributed by atoms with Gasteiger partial charge < -0.3 is 14.2 Å². The second-order valence-corrected chi connectivity index (χ2v) is 8.41. The summed E-state index contributed by atoms with van der Waals surface area (Å²) in [6.45, 7) is 0. The summed E-state index contributed by atoms with van der Waals surface area (Å²) in [4.78, 5) is 14.6. The Bertz CT molecular complexity index is 1140. The number of nitrogens with zero attached hydrogens (tertiary/aromatic N) is 1. The van der Waals surface area contributed by atoms with E-state index in [0.717, 1.165) is 0 Å². The number of hydrogen-bond donors (Lipinski definition) is 1. The average molecular weight is 447 g/mol. The minimum atomic E-state index is -3.89. The van der Waals surface area contributed by atoms with Gasteiger partial charge >= 0.3 is 5.97 Å². The monoisotopic (exact) mass is 446 g/mol. The Morgan fingerprint density at radius 2 is 1.77 bits per heavy atom. The Labute approximate surface area is 177 Å². The summed E-state index contributed by atoms with van der Waals surface area (Å²) >= 11 is 1.29. The van der Waals surface area contributed by atoms with Gasteiger partial charge in [0.1, 0.15) is 10.6 Å². The molecule has 0 saturated carbocycles. The van der Waals surface area contributed by atoms with Crippen molar-refractivity contribution in [2.24, 2.45) is 5.10 Å². The quantitative estimate of drug-likeness (QED) is 0.246. The second kappa shape index (κ2) is 9.42. The van der Waals surface area contributed by atoms with Gasteiger partial charge in [-0.15, -0.1) is 11.3 Å². The first-order chi connectivity index (χ1) is 14.4. The third kappa shape index (κ3) is 5.16. The molecule has 0 atom stereocenters. The Morgan fingerprint density at radius 1 is 1.03 bits per heavy atom. The summed E-state index contributed by atoms with van der Waals surface area (Å²) in [5, 5.41) is 5.57. The highest BCUT2D eigenvalue weighted by Crippen LogP contribution is 2.29. The lowest BCUT2D eigenvalue weighted by Gasteiger charge is -2.09. The molecule has 2 aromatic carbocycles. The third-order valence-corrected chi connectivity index (χ3v) is 5.94. The van der Waals surface area contributed by atoms with Crippen molar-refractivity contribution in [2.75, 3.05) is 14.2 Å². The summed E-state index contributed by atoms with van der Waals surface area (Å²) in [5.74, 6) is 0.641. The van der Waals surface area contributed by atoms with Crippen LogP contribution in [0.1, 0.15) is 15.2 Å². The predicted molar refractivity (Wildman–Crippen MR) is 113 cm³/mol. The average Bonchev–Trinajstić information content (AvgIpc) is 3.29. The van der Waals surface area contributed by atoms with Gasteiger partial charge in [0, 0.05) is 6.07 Å². The van der Waals surface area contributed by atoms with Crippen molar-refractivity contribution >= 4 is 33.5 Å². The van der Waals surface area contributed by atoms with E-state index in [0.29, 0.717) is 21.9 Å². The van der Waals surface area contributed by atoms with E-state index in [1.165, 1.54) is 50.0 Å². The summed E-state index contributed by atoms with van der Waals surface area (Å²) in [6.07, 6.45) is 1.34. The summed E-state index contributed by atoms with van der Waals surface area (Å²) in [6, 6.07) is 14.1. The number of thiophene rings is 1. The number of hydrogen-bond acceptors (Lipinski definition) is 8. The smallest absolute Gasteiger partial charge is 0.353 e. The number of methoxy groups -OCH3 is 2. The van der Waals surface area contributed by atoms with Crippen LogP contribution < -0.4 is 19.0 Å². The van der Waals surface area contributed by atoms with Gasteiger partial charge in [0.15, 0.2) is 11.5 Å². The number of ether oxygens (including phenoxy) is 3. The van der Waals surface area contributed by atoms with Crippen molar-refractivity contribution in [1.29, 1.82) is 0 Å². The molecule has 0 aliphatic carbocycles. The molecule has 0 amide bonds. The van der Waals surface area contributed by atoms with Crippen LogP contribution in [0.15, 0.2) is 70.0 Å². The first-order valence-electron chi connectivity index (χ1n) is 8.55. The first-order valence-corrected chi connectivity index (χ1v) is 10.9. The van der Waals surface area contributed by atoms with Crippen LogP contribution in [-0.2, 0) is 10.0 Å². The lowest BCUT2D eigenvalue weighted by molar-refractivity contribution is 0.0740. The Kier molecular flexibility index (Phi) is 6.70. The molecule has 0 fully saturated rings. The highest BCUT2D eigenvalue weighted by atomic mass is 32.2. The van der Waals surface area contributed by atoms with E-state index < -0.39 is 16.0 Å². The molecule has 0 aliphatic heterocycles. The molecule has 0 spiro atoms. The van der Waals surface area contributed by atoms with E-state index >= 15 is 0 Å². The van der Waals surface area contributed by atoms with E-state index in [9.17, 15) is 13.2 Å². The van der Waals surface area contributed by atoms with Crippen LogP contribution in [-0.4, -0.2) is 34.8 Å². The van der Waals surface area contributed by atoms with Crippen LogP contribution in [0, 0.1) is 0 Å². The molecular formula is C20H18N2O6S2. The van der Waals surface area contributed by atoms with E-state index in [1.54, 1.807) is 41.8 Å². The van der Waals surface area contributed by atoms with Gasteiger partial charge in [-0.1, -0.05) is 6.07 Å². The lowest BCUT2D eigenvalue weighted by Crippen LogP contribution is -2.18. The maximum absolute atomic E-state index is 12.4. The number of carbonyl (C=O) groups is 1. The van der Waals surface area contributed by atoms with Crippen LogP contribution >= 0.6 is 11.3 Å². The SMILES string of the molecule is COc1ccc(S(=O)(=O)N/N=C/c2ccc(OC(=O)c3cccs3)cc2)cc1OC. The maximum atomic E-state index is 12.4. The lowest BCUT2D eigenvalue weighted by atomic mass is 10.2. The number of rotatable bonds is 8. The van der Waals surface area contributed by atoms with Gasteiger partial charge in [0.05, 0.1) is 25.3 Å². The minimum Gasteiger partial charge on any atom is -0.493 e. The summed E-state index contributed by atoms with van der Waals surface area (Å²) in [7, 11) is -1.01. The predicted octanol–water partition coefficient (Wildman–Crippen LogP) is 3.30. The molecule has 1 N–H and O–H groups in total. The van der Waals surface area contributed by atoms with E-state index in [1.807, 2.05) is 0 Å². The van der Waals surface area contributed by atoms with Crippen molar-refractivity contribution in [3.63, 3.8) is 0 Å². The molecule has 0 unspecified atom stereocenters. The second-order valence-electron chi connectivity index (χ2n) is 5.81.